The SMILES string of the molecule is CCOC(=O)Cc1ncc(I)c(Br)c1C(F)F. The van der Waals surface area contributed by atoms with Crippen LogP contribution < -0.4 is 0 Å². The van der Waals surface area contributed by atoms with Gasteiger partial charge in [0.2, 0.25) is 0 Å². The molecule has 7 heteroatoms. The Bertz CT molecular complexity index is 429. The highest BCUT2D eigenvalue weighted by Gasteiger charge is 2.22. The molecule has 0 bridgehead atoms. The van der Waals surface area contributed by atoms with Gasteiger partial charge in [-0.05, 0) is 45.4 Å². The van der Waals surface area contributed by atoms with Crippen molar-refractivity contribution < 1.29 is 18.3 Å². The lowest BCUT2D eigenvalue weighted by Gasteiger charge is -2.10. The van der Waals surface area contributed by atoms with Gasteiger partial charge in [-0.1, -0.05) is 0 Å². The third-order valence-corrected chi connectivity index (χ3v) is 4.34. The molecule has 0 spiro atoms. The molecule has 0 aromatic carbocycles. The Morgan fingerprint density at radius 2 is 2.29 bits per heavy atom. The molecular weight excluding hydrogens is 411 g/mol. The third kappa shape index (κ3) is 3.84. The summed E-state index contributed by atoms with van der Waals surface area (Å²) in [5.41, 5.74) is -0.198. The van der Waals surface area contributed by atoms with Gasteiger partial charge in [-0.3, -0.25) is 9.78 Å². The molecule has 17 heavy (non-hydrogen) atoms. The van der Waals surface area contributed by atoms with E-state index in [0.717, 1.165) is 0 Å². The van der Waals surface area contributed by atoms with Crippen molar-refractivity contribution in [1.29, 1.82) is 0 Å². The second kappa shape index (κ2) is 6.58. The van der Waals surface area contributed by atoms with Crippen molar-refractivity contribution >= 4 is 44.5 Å². The number of pyridine rings is 1. The van der Waals surface area contributed by atoms with E-state index in [0.29, 0.717) is 3.57 Å². The van der Waals surface area contributed by atoms with Crippen LogP contribution in [0.15, 0.2) is 10.7 Å². The predicted octanol–water partition coefficient (Wildman–Crippen LogP) is 3.49. The van der Waals surface area contributed by atoms with Gasteiger partial charge in [-0.15, -0.1) is 0 Å². The van der Waals surface area contributed by atoms with Crippen molar-refractivity contribution in [2.24, 2.45) is 0 Å². The van der Waals surface area contributed by atoms with E-state index in [1.807, 2.05) is 22.6 Å². The molecule has 0 radical (unpaired) electrons. The van der Waals surface area contributed by atoms with Crippen LogP contribution in [0.4, 0.5) is 8.78 Å². The molecule has 0 saturated carbocycles. The summed E-state index contributed by atoms with van der Waals surface area (Å²) in [5, 5.41) is 0. The molecule has 0 aliphatic rings. The van der Waals surface area contributed by atoms with Crippen molar-refractivity contribution in [3.8, 4) is 0 Å². The minimum atomic E-state index is -2.68. The lowest BCUT2D eigenvalue weighted by molar-refractivity contribution is -0.142. The minimum Gasteiger partial charge on any atom is -0.466 e. The van der Waals surface area contributed by atoms with E-state index in [1.54, 1.807) is 6.92 Å². The molecule has 1 aromatic rings. The molecule has 0 fully saturated rings. The maximum absolute atomic E-state index is 12.9. The first-order chi connectivity index (χ1) is 7.97. The summed E-state index contributed by atoms with van der Waals surface area (Å²) in [6, 6.07) is 0. The highest BCUT2D eigenvalue weighted by molar-refractivity contribution is 14.1. The summed E-state index contributed by atoms with van der Waals surface area (Å²) >= 11 is 4.97. The summed E-state index contributed by atoms with van der Waals surface area (Å²) in [6.07, 6.45) is -1.50. The molecule has 0 aliphatic heterocycles. The van der Waals surface area contributed by atoms with Crippen LogP contribution in [0.25, 0.3) is 0 Å². The number of carbonyl (C=O) groups is 1. The number of halogens is 4. The molecular formula is C10H9BrF2INO2. The number of alkyl halides is 2. The smallest absolute Gasteiger partial charge is 0.311 e. The molecule has 1 rings (SSSR count). The number of hydrogen-bond acceptors (Lipinski definition) is 3. The molecule has 1 heterocycles. The molecule has 0 atom stereocenters. The number of nitrogens with zero attached hydrogens (tertiary/aromatic N) is 1. The molecule has 0 unspecified atom stereocenters. The number of carbonyl (C=O) groups excluding carboxylic acids is 1. The Morgan fingerprint density at radius 3 is 2.82 bits per heavy atom. The van der Waals surface area contributed by atoms with Gasteiger partial charge in [-0.25, -0.2) is 8.78 Å². The lowest BCUT2D eigenvalue weighted by atomic mass is 10.1. The molecule has 0 saturated heterocycles. The normalized spacial score (nSPS) is 10.7. The first kappa shape index (κ1) is 14.7. The van der Waals surface area contributed by atoms with Crippen LogP contribution in [0.5, 0.6) is 0 Å². The maximum atomic E-state index is 12.9. The quantitative estimate of drug-likeness (QED) is 0.554. The molecule has 3 nitrogen and oxygen atoms in total. The fourth-order valence-corrected chi connectivity index (χ4v) is 2.16. The second-order valence-corrected chi connectivity index (χ2v) is 5.02. The van der Waals surface area contributed by atoms with Crippen LogP contribution >= 0.6 is 38.5 Å². The summed E-state index contributed by atoms with van der Waals surface area (Å²) in [6.45, 7) is 1.87. The summed E-state index contributed by atoms with van der Waals surface area (Å²) in [4.78, 5) is 15.1. The number of rotatable bonds is 4. The number of esters is 1. The molecule has 0 aliphatic carbocycles. The van der Waals surface area contributed by atoms with Gasteiger partial charge in [0.25, 0.3) is 6.43 Å². The van der Waals surface area contributed by atoms with Gasteiger partial charge in [0, 0.05) is 14.2 Å². The van der Waals surface area contributed by atoms with E-state index < -0.39 is 12.4 Å². The zero-order valence-electron chi connectivity index (χ0n) is 8.84. The topological polar surface area (TPSA) is 39.2 Å². The Balaban J connectivity index is 3.07. The monoisotopic (exact) mass is 419 g/mol. The van der Waals surface area contributed by atoms with E-state index in [4.69, 9.17) is 4.74 Å². The van der Waals surface area contributed by atoms with Crippen molar-refractivity contribution in [3.63, 3.8) is 0 Å². The largest absolute Gasteiger partial charge is 0.466 e. The van der Waals surface area contributed by atoms with Crippen LogP contribution in [-0.2, 0) is 16.0 Å². The molecule has 0 N–H and O–H groups in total. The van der Waals surface area contributed by atoms with E-state index >= 15 is 0 Å². The van der Waals surface area contributed by atoms with Crippen molar-refractivity contribution in [2.75, 3.05) is 6.61 Å². The van der Waals surface area contributed by atoms with E-state index in [2.05, 4.69) is 20.9 Å². The van der Waals surface area contributed by atoms with Gasteiger partial charge in [0.1, 0.15) is 0 Å². The van der Waals surface area contributed by atoms with Crippen LogP contribution in [0.3, 0.4) is 0 Å². The van der Waals surface area contributed by atoms with E-state index in [9.17, 15) is 13.6 Å². The van der Waals surface area contributed by atoms with Crippen molar-refractivity contribution in [2.45, 2.75) is 19.8 Å². The minimum absolute atomic E-state index is 0.0470. The van der Waals surface area contributed by atoms with Crippen molar-refractivity contribution in [3.05, 3.63) is 25.5 Å². The highest BCUT2D eigenvalue weighted by Crippen LogP contribution is 2.33. The average molecular weight is 420 g/mol. The van der Waals surface area contributed by atoms with Gasteiger partial charge in [-0.2, -0.15) is 0 Å². The first-order valence-corrected chi connectivity index (χ1v) is 6.61. The third-order valence-electron chi connectivity index (χ3n) is 1.93. The lowest BCUT2D eigenvalue weighted by Crippen LogP contribution is -2.12. The Labute approximate surface area is 119 Å². The summed E-state index contributed by atoms with van der Waals surface area (Å²) in [5.74, 6) is -0.560. The number of aromatic nitrogens is 1. The average Bonchev–Trinajstić information content (AvgIpc) is 2.23. The zero-order chi connectivity index (χ0) is 13.0. The van der Waals surface area contributed by atoms with Crippen molar-refractivity contribution in [1.82, 2.24) is 4.98 Å². The summed E-state index contributed by atoms with van der Waals surface area (Å²) in [7, 11) is 0. The fourth-order valence-electron chi connectivity index (χ4n) is 1.23. The summed E-state index contributed by atoms with van der Waals surface area (Å²) < 4.78 is 31.3. The highest BCUT2D eigenvalue weighted by atomic mass is 127. The van der Waals surface area contributed by atoms with E-state index in [1.165, 1.54) is 6.20 Å². The van der Waals surface area contributed by atoms with Gasteiger partial charge in [0.05, 0.1) is 24.3 Å². The standard InChI is InChI=1S/C10H9BrF2INO2/c1-2-17-7(16)3-6-8(10(12)13)9(11)5(14)4-15-6/h4,10H,2-3H2,1H3. The van der Waals surface area contributed by atoms with Gasteiger partial charge < -0.3 is 4.74 Å². The Morgan fingerprint density at radius 1 is 1.65 bits per heavy atom. The van der Waals surface area contributed by atoms with Crippen LogP contribution in [0, 0.1) is 3.57 Å². The maximum Gasteiger partial charge on any atom is 0.311 e. The fraction of sp³-hybridized carbons (Fsp3) is 0.400. The van der Waals surface area contributed by atoms with E-state index in [-0.39, 0.29) is 28.8 Å². The Hall–Kier alpha value is -0.310. The van der Waals surface area contributed by atoms with Crippen LogP contribution in [0.2, 0.25) is 0 Å². The first-order valence-electron chi connectivity index (χ1n) is 4.73. The number of hydrogen-bond donors (Lipinski definition) is 0. The molecule has 0 amide bonds. The number of ether oxygens (including phenoxy) is 1. The van der Waals surface area contributed by atoms with Crippen LogP contribution in [-0.4, -0.2) is 17.6 Å². The predicted molar refractivity (Wildman–Crippen MR) is 69.9 cm³/mol. The molecule has 1 aromatic heterocycles. The molecule has 94 valence electrons. The zero-order valence-corrected chi connectivity index (χ0v) is 12.6. The van der Waals surface area contributed by atoms with Crippen LogP contribution in [0.1, 0.15) is 24.6 Å². The second-order valence-electron chi connectivity index (χ2n) is 3.06. The van der Waals surface area contributed by atoms with Gasteiger partial charge >= 0.3 is 5.97 Å². The van der Waals surface area contributed by atoms with Gasteiger partial charge in [0.15, 0.2) is 0 Å². The Kier molecular flexibility index (Phi) is 5.71.